The fourth-order valence-corrected chi connectivity index (χ4v) is 3.01. The number of rotatable bonds is 2. The molecule has 18 heavy (non-hydrogen) atoms. The lowest BCUT2D eigenvalue weighted by Crippen LogP contribution is -2.39. The van der Waals surface area contributed by atoms with Crippen molar-refractivity contribution >= 4 is 5.69 Å². The third-order valence-electron chi connectivity index (χ3n) is 4.14. The predicted octanol–water partition coefficient (Wildman–Crippen LogP) is 2.60. The van der Waals surface area contributed by atoms with Crippen LogP contribution in [0.5, 0.6) is 0 Å². The molecule has 2 heterocycles. The number of benzene rings is 1. The molecule has 2 heteroatoms. The van der Waals surface area contributed by atoms with Gasteiger partial charge in [-0.25, -0.2) is 0 Å². The zero-order valence-electron chi connectivity index (χ0n) is 11.4. The van der Waals surface area contributed by atoms with E-state index in [4.69, 9.17) is 0 Å². The molecule has 0 aliphatic carbocycles. The first kappa shape index (κ1) is 11.8. The van der Waals surface area contributed by atoms with E-state index in [-0.39, 0.29) is 0 Å². The summed E-state index contributed by atoms with van der Waals surface area (Å²) < 4.78 is 0. The van der Waals surface area contributed by atoms with Gasteiger partial charge < -0.3 is 10.2 Å². The number of anilines is 1. The lowest BCUT2D eigenvalue weighted by atomic mass is 9.93. The van der Waals surface area contributed by atoms with E-state index in [0.29, 0.717) is 0 Å². The van der Waals surface area contributed by atoms with Crippen molar-refractivity contribution in [2.75, 3.05) is 31.1 Å². The highest BCUT2D eigenvalue weighted by Crippen LogP contribution is 2.30. The number of nitrogens with one attached hydrogen (secondary N) is 1. The summed E-state index contributed by atoms with van der Waals surface area (Å²) in [5, 5.41) is 3.33. The van der Waals surface area contributed by atoms with E-state index in [1.165, 1.54) is 24.2 Å². The van der Waals surface area contributed by atoms with Crippen LogP contribution in [0, 0.1) is 5.92 Å². The van der Waals surface area contributed by atoms with E-state index in [1.54, 1.807) is 11.1 Å². The Morgan fingerprint density at radius 2 is 2.11 bits per heavy atom. The quantitative estimate of drug-likeness (QED) is 0.802. The second-order valence-electron chi connectivity index (χ2n) is 5.81. The Balaban J connectivity index is 1.84. The van der Waals surface area contributed by atoms with Crippen molar-refractivity contribution in [3.05, 3.63) is 41.0 Å². The Hall–Kier alpha value is -1.28. The molecule has 1 atom stereocenters. The summed E-state index contributed by atoms with van der Waals surface area (Å²) in [7, 11) is 0. The zero-order valence-corrected chi connectivity index (χ0v) is 11.4. The van der Waals surface area contributed by atoms with Crippen molar-refractivity contribution in [2.45, 2.75) is 20.3 Å². The first-order valence-corrected chi connectivity index (χ1v) is 6.95. The maximum atomic E-state index is 3.33. The summed E-state index contributed by atoms with van der Waals surface area (Å²) in [5.41, 5.74) is 6.12. The van der Waals surface area contributed by atoms with E-state index in [2.05, 4.69) is 48.3 Å². The lowest BCUT2D eigenvalue weighted by molar-refractivity contribution is 0.537. The second kappa shape index (κ2) is 4.77. The SMILES string of the molecule is CC(CN1CC(C)Cc2ccccc21)=C1CNC1. The van der Waals surface area contributed by atoms with Crippen LogP contribution in [0.1, 0.15) is 19.4 Å². The fraction of sp³-hybridized carbons (Fsp3) is 0.500. The minimum absolute atomic E-state index is 0.761. The molecule has 0 radical (unpaired) electrons. The largest absolute Gasteiger partial charge is 0.367 e. The number of hydrogen-bond acceptors (Lipinski definition) is 2. The van der Waals surface area contributed by atoms with Crippen LogP contribution in [0.15, 0.2) is 35.4 Å². The Kier molecular flexibility index (Phi) is 3.13. The Bertz CT molecular complexity index is 470. The monoisotopic (exact) mass is 242 g/mol. The Morgan fingerprint density at radius 1 is 1.33 bits per heavy atom. The van der Waals surface area contributed by atoms with Gasteiger partial charge in [0.25, 0.3) is 0 Å². The number of hydrogen-bond donors (Lipinski definition) is 1. The smallest absolute Gasteiger partial charge is 0.0401 e. The van der Waals surface area contributed by atoms with Crippen LogP contribution in [0.25, 0.3) is 0 Å². The highest BCUT2D eigenvalue weighted by atomic mass is 15.1. The minimum Gasteiger partial charge on any atom is -0.367 e. The van der Waals surface area contributed by atoms with Gasteiger partial charge in [0.1, 0.15) is 0 Å². The molecule has 2 aliphatic heterocycles. The van der Waals surface area contributed by atoms with Crippen LogP contribution in [-0.4, -0.2) is 26.2 Å². The molecule has 1 N–H and O–H groups in total. The molecule has 1 aromatic carbocycles. The molecule has 0 bridgehead atoms. The van der Waals surface area contributed by atoms with Gasteiger partial charge in [-0.1, -0.05) is 30.7 Å². The van der Waals surface area contributed by atoms with Gasteiger partial charge in [0.15, 0.2) is 0 Å². The summed E-state index contributed by atoms with van der Waals surface area (Å²) in [4.78, 5) is 2.56. The predicted molar refractivity (Wildman–Crippen MR) is 77.1 cm³/mol. The first-order chi connectivity index (χ1) is 8.74. The van der Waals surface area contributed by atoms with Gasteiger partial charge in [0.2, 0.25) is 0 Å². The van der Waals surface area contributed by atoms with Gasteiger partial charge in [-0.3, -0.25) is 0 Å². The third kappa shape index (κ3) is 2.17. The van der Waals surface area contributed by atoms with Gasteiger partial charge in [0, 0.05) is 31.9 Å². The molecule has 96 valence electrons. The maximum absolute atomic E-state index is 3.33. The van der Waals surface area contributed by atoms with Gasteiger partial charge >= 0.3 is 0 Å². The van der Waals surface area contributed by atoms with Crippen molar-refractivity contribution in [1.29, 1.82) is 0 Å². The van der Waals surface area contributed by atoms with Crippen molar-refractivity contribution in [3.8, 4) is 0 Å². The van der Waals surface area contributed by atoms with Gasteiger partial charge in [-0.15, -0.1) is 0 Å². The van der Waals surface area contributed by atoms with Crippen LogP contribution in [0.2, 0.25) is 0 Å². The van der Waals surface area contributed by atoms with E-state index >= 15 is 0 Å². The van der Waals surface area contributed by atoms with Crippen LogP contribution >= 0.6 is 0 Å². The summed E-state index contributed by atoms with van der Waals surface area (Å²) in [5.74, 6) is 0.761. The molecule has 1 fully saturated rings. The molecule has 3 rings (SSSR count). The first-order valence-electron chi connectivity index (χ1n) is 6.95. The normalized spacial score (nSPS) is 22.4. The number of para-hydroxylation sites is 1. The average molecular weight is 242 g/mol. The lowest BCUT2D eigenvalue weighted by Gasteiger charge is -2.36. The molecule has 0 saturated carbocycles. The second-order valence-corrected chi connectivity index (χ2v) is 5.81. The van der Waals surface area contributed by atoms with E-state index in [1.807, 2.05) is 0 Å². The summed E-state index contributed by atoms with van der Waals surface area (Å²) >= 11 is 0. The van der Waals surface area contributed by atoms with Crippen molar-refractivity contribution in [2.24, 2.45) is 5.92 Å². The minimum atomic E-state index is 0.761. The summed E-state index contributed by atoms with van der Waals surface area (Å²) in [6, 6.07) is 8.88. The maximum Gasteiger partial charge on any atom is 0.0401 e. The van der Waals surface area contributed by atoms with Crippen LogP contribution in [0.3, 0.4) is 0 Å². The molecule has 0 spiro atoms. The fourth-order valence-electron chi connectivity index (χ4n) is 3.01. The molecule has 0 amide bonds. The van der Waals surface area contributed by atoms with Crippen molar-refractivity contribution < 1.29 is 0 Å². The van der Waals surface area contributed by atoms with Crippen LogP contribution in [-0.2, 0) is 6.42 Å². The molecule has 2 nitrogen and oxygen atoms in total. The Morgan fingerprint density at radius 3 is 2.83 bits per heavy atom. The standard InChI is InChI=1S/C16H22N2/c1-12-7-14-5-3-4-6-16(14)18(10-12)11-13(2)15-8-17-9-15/h3-6,12,17H,7-11H2,1-2H3. The molecule has 1 aromatic rings. The Labute approximate surface area is 110 Å². The molecule has 1 saturated heterocycles. The summed E-state index contributed by atoms with van der Waals surface area (Å²) in [6.07, 6.45) is 1.23. The van der Waals surface area contributed by atoms with Crippen molar-refractivity contribution in [1.82, 2.24) is 5.32 Å². The molecular formula is C16H22N2. The molecule has 1 unspecified atom stereocenters. The van der Waals surface area contributed by atoms with E-state index in [0.717, 1.165) is 25.6 Å². The van der Waals surface area contributed by atoms with Crippen LogP contribution < -0.4 is 10.2 Å². The average Bonchev–Trinajstić information content (AvgIpc) is 2.26. The third-order valence-corrected chi connectivity index (χ3v) is 4.14. The zero-order chi connectivity index (χ0) is 12.5. The van der Waals surface area contributed by atoms with Gasteiger partial charge in [-0.2, -0.15) is 0 Å². The number of fused-ring (bicyclic) bond motifs is 1. The highest BCUT2D eigenvalue weighted by molar-refractivity contribution is 5.56. The van der Waals surface area contributed by atoms with Gasteiger partial charge in [-0.05, 0) is 36.5 Å². The topological polar surface area (TPSA) is 15.3 Å². The molecule has 2 aliphatic rings. The molecule has 0 aromatic heterocycles. The van der Waals surface area contributed by atoms with E-state index in [9.17, 15) is 0 Å². The number of nitrogens with zero attached hydrogens (tertiary/aromatic N) is 1. The highest BCUT2D eigenvalue weighted by Gasteiger charge is 2.22. The van der Waals surface area contributed by atoms with Crippen LogP contribution in [0.4, 0.5) is 5.69 Å². The van der Waals surface area contributed by atoms with Crippen molar-refractivity contribution in [3.63, 3.8) is 0 Å². The van der Waals surface area contributed by atoms with Gasteiger partial charge in [0.05, 0.1) is 0 Å². The van der Waals surface area contributed by atoms with E-state index < -0.39 is 0 Å². The molecular weight excluding hydrogens is 220 g/mol. The summed E-state index contributed by atoms with van der Waals surface area (Å²) in [6.45, 7) is 9.12.